The number of allylic oxidation sites excluding steroid dienone is 2. The average molecular weight is 639 g/mol. The lowest BCUT2D eigenvalue weighted by Crippen LogP contribution is -2.48. The van der Waals surface area contributed by atoms with E-state index >= 15 is 4.39 Å². The first-order valence-corrected chi connectivity index (χ1v) is 15.5. The minimum atomic E-state index is -5.62. The summed E-state index contributed by atoms with van der Waals surface area (Å²) in [6, 6.07) is 5.69. The monoisotopic (exact) mass is 638 g/mol. The summed E-state index contributed by atoms with van der Waals surface area (Å²) in [6.07, 6.45) is 4.58. The zero-order chi connectivity index (χ0) is 32.0. The van der Waals surface area contributed by atoms with Crippen molar-refractivity contribution in [2.45, 2.75) is 55.0 Å². The Morgan fingerprint density at radius 1 is 1.05 bits per heavy atom. The molecule has 3 aliphatic rings. The van der Waals surface area contributed by atoms with Gasteiger partial charge in [0.2, 0.25) is 5.91 Å². The van der Waals surface area contributed by atoms with Crippen LogP contribution in [-0.2, 0) is 19.4 Å². The molecule has 236 valence electrons. The van der Waals surface area contributed by atoms with Gasteiger partial charge < -0.3 is 20.5 Å². The molecule has 0 heterocycles. The van der Waals surface area contributed by atoms with Crippen molar-refractivity contribution in [3.63, 3.8) is 0 Å². The van der Waals surface area contributed by atoms with Crippen molar-refractivity contribution in [3.05, 3.63) is 59.4 Å². The number of aliphatic carboxylic acids is 1. The quantitative estimate of drug-likeness (QED) is 0.339. The van der Waals surface area contributed by atoms with Crippen LogP contribution in [0.15, 0.2) is 47.4 Å². The van der Waals surface area contributed by atoms with Crippen LogP contribution in [-0.4, -0.2) is 50.0 Å². The summed E-state index contributed by atoms with van der Waals surface area (Å²) in [5.41, 5.74) is -4.90. The molecular weight excluding hydrogens is 608 g/mol. The van der Waals surface area contributed by atoms with Crippen molar-refractivity contribution in [2.24, 2.45) is 23.7 Å². The van der Waals surface area contributed by atoms with Gasteiger partial charge in [-0.1, -0.05) is 12.1 Å². The van der Waals surface area contributed by atoms with Crippen LogP contribution in [0.3, 0.4) is 0 Å². The number of anilines is 1. The molecule has 44 heavy (non-hydrogen) atoms. The molecule has 0 aliphatic heterocycles. The number of sulfone groups is 1. The zero-order valence-electron chi connectivity index (χ0n) is 23.5. The summed E-state index contributed by atoms with van der Waals surface area (Å²) < 4.78 is 83.2. The van der Waals surface area contributed by atoms with Gasteiger partial charge in [0.15, 0.2) is 0 Å². The lowest BCUT2D eigenvalue weighted by atomic mass is 9.83. The van der Waals surface area contributed by atoms with Crippen molar-refractivity contribution in [3.8, 4) is 5.75 Å². The van der Waals surface area contributed by atoms with Crippen LogP contribution in [0.25, 0.3) is 5.57 Å². The van der Waals surface area contributed by atoms with Crippen LogP contribution >= 0.6 is 0 Å². The lowest BCUT2D eigenvalue weighted by Gasteiger charge is -2.31. The van der Waals surface area contributed by atoms with Crippen LogP contribution in [0.2, 0.25) is 0 Å². The number of benzene rings is 2. The maximum atomic E-state index is 15.1. The van der Waals surface area contributed by atoms with Crippen LogP contribution in [0, 0.1) is 29.5 Å². The summed E-state index contributed by atoms with van der Waals surface area (Å²) in [4.78, 5) is 37.3. The van der Waals surface area contributed by atoms with Gasteiger partial charge in [-0.3, -0.25) is 14.4 Å². The van der Waals surface area contributed by atoms with Crippen molar-refractivity contribution in [1.82, 2.24) is 5.32 Å². The molecule has 2 saturated carbocycles. The van der Waals surface area contributed by atoms with Crippen molar-refractivity contribution >= 4 is 38.9 Å². The van der Waals surface area contributed by atoms with Crippen LogP contribution in [0.5, 0.6) is 5.75 Å². The number of carbonyl (C=O) groups excluding carboxylic acids is 2. The number of hydrogen-bond acceptors (Lipinski definition) is 6. The Morgan fingerprint density at radius 3 is 2.41 bits per heavy atom. The Kier molecular flexibility index (Phi) is 8.49. The van der Waals surface area contributed by atoms with Gasteiger partial charge in [-0.05, 0) is 80.2 Å². The SMILES string of the molecule is COc1cc(F)c(C2=CC[C@@H](C(=O)O)CC2)cc1C(=O)N[C@@H]1[C@H]2CC[C@H](C2)[C@@H]1C(=O)Nc1cccc(S(=O)(=O)C(F)(F)F)c1. The van der Waals surface area contributed by atoms with E-state index in [-0.39, 0.29) is 40.8 Å². The van der Waals surface area contributed by atoms with E-state index in [2.05, 4.69) is 10.6 Å². The molecule has 0 spiro atoms. The normalized spacial score (nSPS) is 24.8. The summed E-state index contributed by atoms with van der Waals surface area (Å²) in [7, 11) is -4.34. The minimum absolute atomic E-state index is 0.0251. The van der Waals surface area contributed by atoms with E-state index in [1.165, 1.54) is 19.2 Å². The Bertz CT molecular complexity index is 1640. The fourth-order valence-electron chi connectivity index (χ4n) is 6.66. The molecule has 0 unspecified atom stereocenters. The highest BCUT2D eigenvalue weighted by molar-refractivity contribution is 7.92. The second-order valence-corrected chi connectivity index (χ2v) is 13.3. The van der Waals surface area contributed by atoms with Gasteiger partial charge in [0.1, 0.15) is 11.6 Å². The van der Waals surface area contributed by atoms with E-state index in [1.54, 1.807) is 6.08 Å². The number of carboxylic acid groups (broad SMARTS) is 1. The summed E-state index contributed by atoms with van der Waals surface area (Å²) in [6.45, 7) is 0. The minimum Gasteiger partial charge on any atom is -0.496 e. The first kappa shape index (κ1) is 31.5. The number of nitrogens with one attached hydrogen (secondary N) is 2. The molecule has 5 rings (SSSR count). The molecule has 3 aliphatic carbocycles. The lowest BCUT2D eigenvalue weighted by molar-refractivity contribution is -0.141. The van der Waals surface area contributed by atoms with E-state index < -0.39 is 61.7 Å². The highest BCUT2D eigenvalue weighted by atomic mass is 32.2. The maximum absolute atomic E-state index is 15.1. The fraction of sp³-hybridized carbons (Fsp3) is 0.433. The molecule has 2 bridgehead atoms. The van der Waals surface area contributed by atoms with E-state index in [0.717, 1.165) is 30.7 Å². The van der Waals surface area contributed by atoms with Crippen LogP contribution in [0.1, 0.15) is 54.4 Å². The smallest absolute Gasteiger partial charge is 0.496 e. The average Bonchev–Trinajstić information content (AvgIpc) is 3.58. The van der Waals surface area contributed by atoms with E-state index in [0.29, 0.717) is 31.3 Å². The Balaban J connectivity index is 1.37. The van der Waals surface area contributed by atoms with E-state index in [9.17, 15) is 41.1 Å². The van der Waals surface area contributed by atoms with Gasteiger partial charge >= 0.3 is 11.5 Å². The number of fused-ring (bicyclic) bond motifs is 2. The van der Waals surface area contributed by atoms with Gasteiger partial charge in [-0.2, -0.15) is 13.2 Å². The third-order valence-corrected chi connectivity index (χ3v) is 10.4. The molecule has 3 N–H and O–H groups in total. The molecule has 0 aromatic heterocycles. The summed E-state index contributed by atoms with van der Waals surface area (Å²) in [5.74, 6) is -4.28. The Labute approximate surface area is 250 Å². The molecule has 2 aromatic rings. The number of halogens is 4. The molecule has 14 heteroatoms. The third kappa shape index (κ3) is 5.91. The summed E-state index contributed by atoms with van der Waals surface area (Å²) in [5, 5.41) is 14.7. The highest BCUT2D eigenvalue weighted by Gasteiger charge is 2.52. The fourth-order valence-corrected chi connectivity index (χ4v) is 7.46. The van der Waals surface area contributed by atoms with Crippen LogP contribution < -0.4 is 15.4 Å². The molecular formula is C30H30F4N2O7S. The molecule has 2 amide bonds. The topological polar surface area (TPSA) is 139 Å². The maximum Gasteiger partial charge on any atom is 0.501 e. The predicted octanol–water partition coefficient (Wildman–Crippen LogP) is 5.18. The molecule has 9 nitrogen and oxygen atoms in total. The summed E-state index contributed by atoms with van der Waals surface area (Å²) >= 11 is 0. The number of carbonyl (C=O) groups is 3. The van der Waals surface area contributed by atoms with E-state index in [1.807, 2.05) is 0 Å². The van der Waals surface area contributed by atoms with Gasteiger partial charge in [-0.15, -0.1) is 0 Å². The first-order valence-electron chi connectivity index (χ1n) is 14.0. The van der Waals surface area contributed by atoms with E-state index in [4.69, 9.17) is 4.74 Å². The molecule has 0 saturated heterocycles. The number of rotatable bonds is 8. The molecule has 0 radical (unpaired) electrons. The second kappa shape index (κ2) is 11.9. The molecule has 2 fully saturated rings. The van der Waals surface area contributed by atoms with Crippen molar-refractivity contribution < 1.29 is 50.2 Å². The van der Waals surface area contributed by atoms with Crippen LogP contribution in [0.4, 0.5) is 23.2 Å². The number of carboxylic acids is 1. The molecule has 2 aromatic carbocycles. The number of ether oxygens (including phenoxy) is 1. The molecule has 5 atom stereocenters. The number of alkyl halides is 3. The Morgan fingerprint density at radius 2 is 1.77 bits per heavy atom. The predicted molar refractivity (Wildman–Crippen MR) is 150 cm³/mol. The standard InChI is InChI=1S/C30H30F4N2O7S/c1-43-24-14-23(31)21(15-5-7-16(8-6-15)29(39)40)13-22(24)27(37)36-26-18-10-9-17(11-18)25(26)28(38)35-19-3-2-4-20(12-19)44(41,42)30(32,33)34/h2-5,12-14,16-18,25-26H,6-11H2,1H3,(H,35,38)(H,36,37)(H,39,40)/t16-,17-,18+,25+,26-/m1/s1. The largest absolute Gasteiger partial charge is 0.501 e. The van der Waals surface area contributed by atoms with Gasteiger partial charge in [0.25, 0.3) is 15.7 Å². The number of methoxy groups -OCH3 is 1. The zero-order valence-corrected chi connectivity index (χ0v) is 24.3. The van der Waals surface area contributed by atoms with Crippen molar-refractivity contribution in [1.29, 1.82) is 0 Å². The third-order valence-electron chi connectivity index (χ3n) is 8.87. The number of hydrogen-bond donors (Lipinski definition) is 3. The van der Waals surface area contributed by atoms with Gasteiger partial charge in [-0.25, -0.2) is 12.8 Å². The van der Waals surface area contributed by atoms with Crippen molar-refractivity contribution in [2.75, 3.05) is 12.4 Å². The first-order chi connectivity index (χ1) is 20.7. The second-order valence-electron chi connectivity index (χ2n) is 11.4. The number of amides is 2. The van der Waals surface area contributed by atoms with Gasteiger partial charge in [0, 0.05) is 23.4 Å². The van der Waals surface area contributed by atoms with Gasteiger partial charge in [0.05, 0.1) is 29.4 Å². The Hall–Kier alpha value is -3.94. The highest BCUT2D eigenvalue weighted by Crippen LogP contribution is 2.49.